The normalized spacial score (nSPS) is 21.4. The number of piperazine rings is 1. The number of hydrogen-bond donors (Lipinski definition) is 2. The Morgan fingerprint density at radius 2 is 2.08 bits per heavy atom. The Balaban J connectivity index is 1.60. The Morgan fingerprint density at radius 3 is 2.71 bits per heavy atom. The van der Waals surface area contributed by atoms with Crippen LogP contribution in [-0.4, -0.2) is 71.9 Å². The van der Waals surface area contributed by atoms with E-state index in [1.54, 1.807) is 4.90 Å². The summed E-state index contributed by atoms with van der Waals surface area (Å²) in [6.07, 6.45) is 0.571. The Morgan fingerprint density at radius 1 is 1.32 bits per heavy atom. The van der Waals surface area contributed by atoms with Crippen molar-refractivity contribution in [3.8, 4) is 16.8 Å². The molecule has 3 aromatic heterocycles. The van der Waals surface area contributed by atoms with Crippen molar-refractivity contribution in [1.29, 1.82) is 5.26 Å². The maximum Gasteiger partial charge on any atom is 0.345 e. The number of fused-ring (bicyclic) bond motifs is 1. The van der Waals surface area contributed by atoms with Gasteiger partial charge in [0.2, 0.25) is 10.0 Å². The van der Waals surface area contributed by atoms with Crippen LogP contribution in [0.15, 0.2) is 23.4 Å². The summed E-state index contributed by atoms with van der Waals surface area (Å²) in [6.45, 7) is -0.795. The molecule has 0 radical (unpaired) electrons. The summed E-state index contributed by atoms with van der Waals surface area (Å²) >= 11 is 0.650. The molecular formula is C21H22F4N8O3S2. The molecule has 11 nitrogen and oxygen atoms in total. The van der Waals surface area contributed by atoms with Crippen LogP contribution in [0.4, 0.5) is 23.2 Å². The van der Waals surface area contributed by atoms with Crippen molar-refractivity contribution in [2.45, 2.75) is 55.3 Å². The van der Waals surface area contributed by atoms with E-state index in [-0.39, 0.29) is 34.8 Å². The number of aromatic nitrogens is 4. The smallest absolute Gasteiger partial charge is 0.345 e. The molecule has 1 saturated heterocycles. The van der Waals surface area contributed by atoms with Gasteiger partial charge in [0.25, 0.3) is 6.43 Å². The maximum absolute atomic E-state index is 13.3. The number of alkyl halides is 4. The van der Waals surface area contributed by atoms with Gasteiger partial charge in [-0.15, -0.1) is 10.2 Å². The van der Waals surface area contributed by atoms with E-state index < -0.39 is 39.6 Å². The molecule has 17 heteroatoms. The minimum absolute atomic E-state index is 0.105. The average molecular weight is 575 g/mol. The summed E-state index contributed by atoms with van der Waals surface area (Å²) in [6, 6.07) is 2.71. The van der Waals surface area contributed by atoms with E-state index in [1.165, 1.54) is 22.9 Å². The molecule has 1 saturated carbocycles. The maximum atomic E-state index is 13.3. The quantitative estimate of drug-likeness (QED) is 0.369. The highest BCUT2D eigenvalue weighted by atomic mass is 32.2. The molecule has 0 unspecified atom stereocenters. The van der Waals surface area contributed by atoms with Crippen molar-refractivity contribution in [3.63, 3.8) is 0 Å². The highest BCUT2D eigenvalue weighted by Crippen LogP contribution is 2.37. The third-order valence-electron chi connectivity index (χ3n) is 6.23. The molecule has 0 bridgehead atoms. The molecule has 0 amide bonds. The first-order chi connectivity index (χ1) is 18.0. The lowest BCUT2D eigenvalue weighted by Crippen LogP contribution is -2.57. The number of imidazole rings is 1. The second-order valence-electron chi connectivity index (χ2n) is 9.21. The van der Waals surface area contributed by atoms with Gasteiger partial charge < -0.3 is 15.0 Å². The summed E-state index contributed by atoms with van der Waals surface area (Å²) in [5, 5.41) is 19.5. The number of nitrogens with one attached hydrogen (secondary N) is 2. The van der Waals surface area contributed by atoms with Crippen LogP contribution in [0.3, 0.4) is 0 Å². The average Bonchev–Trinajstić information content (AvgIpc) is 3.25. The molecule has 1 aliphatic heterocycles. The minimum atomic E-state index is -4.19. The van der Waals surface area contributed by atoms with Crippen molar-refractivity contribution in [2.75, 3.05) is 24.6 Å². The van der Waals surface area contributed by atoms with E-state index in [0.717, 1.165) is 0 Å². The van der Waals surface area contributed by atoms with Gasteiger partial charge in [0, 0.05) is 31.4 Å². The number of nitrogens with zero attached hydrogens (tertiary/aromatic N) is 6. The molecule has 3 aromatic rings. The van der Waals surface area contributed by atoms with Gasteiger partial charge in [-0.25, -0.2) is 22.2 Å². The Hall–Kier alpha value is -2.91. The SMILES string of the molecule is C[C@@H]1CN(c2cc(S(=O)(=O)NC3(C#N)CC3)cn3c(-c4nnc(C(F)F)s4)cnc23)C[C@@H](COC(F)F)N1. The van der Waals surface area contributed by atoms with Gasteiger partial charge in [0.05, 0.1) is 24.6 Å². The second kappa shape index (κ2) is 10.0. The fourth-order valence-electron chi connectivity index (χ4n) is 4.35. The van der Waals surface area contributed by atoms with Gasteiger partial charge in [-0.2, -0.15) is 18.8 Å². The highest BCUT2D eigenvalue weighted by Gasteiger charge is 2.47. The van der Waals surface area contributed by atoms with Crippen molar-refractivity contribution in [2.24, 2.45) is 0 Å². The number of pyridine rings is 1. The van der Waals surface area contributed by atoms with Crippen molar-refractivity contribution < 1.29 is 30.7 Å². The molecule has 204 valence electrons. The third-order valence-corrected chi connectivity index (χ3v) is 8.69. The van der Waals surface area contributed by atoms with E-state index in [4.69, 9.17) is 0 Å². The Bertz CT molecular complexity index is 1490. The standard InChI is InChI=1S/C21H22F4N8O3S2/c1-11-6-32(7-12(28-11)9-36-20(24)25)14-4-13(38(34,35)31-21(10-26)2-3-21)8-33-15(5-27-17(14)33)18-29-30-19(37-18)16(22)23/h4-5,8,11-12,16,20,28,31H,2-3,6-7,9H2,1H3/t11-,12+/m1/s1. The topological polar surface area (TPSA) is 138 Å². The summed E-state index contributed by atoms with van der Waals surface area (Å²) in [5.41, 5.74) is -0.269. The fraction of sp³-hybridized carbons (Fsp3) is 0.524. The molecule has 0 aromatic carbocycles. The largest absolute Gasteiger partial charge is 0.365 e. The molecule has 2 fully saturated rings. The monoisotopic (exact) mass is 574 g/mol. The van der Waals surface area contributed by atoms with Crippen LogP contribution >= 0.6 is 11.3 Å². The molecule has 38 heavy (non-hydrogen) atoms. The summed E-state index contributed by atoms with van der Waals surface area (Å²) in [7, 11) is -4.19. The molecule has 5 rings (SSSR count). The fourth-order valence-corrected chi connectivity index (χ4v) is 6.45. The number of ether oxygens (including phenoxy) is 1. The molecule has 2 aliphatic rings. The van der Waals surface area contributed by atoms with Crippen LogP contribution in [0.1, 0.15) is 31.2 Å². The number of halogens is 4. The lowest BCUT2D eigenvalue weighted by molar-refractivity contribution is -0.134. The first-order valence-corrected chi connectivity index (χ1v) is 13.8. The van der Waals surface area contributed by atoms with E-state index in [9.17, 15) is 31.2 Å². The van der Waals surface area contributed by atoms with E-state index in [0.29, 0.717) is 42.1 Å². The first kappa shape index (κ1) is 26.7. The van der Waals surface area contributed by atoms with E-state index in [1.807, 2.05) is 13.0 Å². The lowest BCUT2D eigenvalue weighted by Gasteiger charge is -2.39. The van der Waals surface area contributed by atoms with Gasteiger partial charge in [0.1, 0.15) is 16.1 Å². The molecular weight excluding hydrogens is 552 g/mol. The number of nitriles is 1. The molecule has 2 N–H and O–H groups in total. The van der Waals surface area contributed by atoms with Crippen LogP contribution in [0.25, 0.3) is 16.3 Å². The first-order valence-electron chi connectivity index (χ1n) is 11.5. The van der Waals surface area contributed by atoms with Gasteiger partial charge in [0.15, 0.2) is 15.7 Å². The van der Waals surface area contributed by atoms with Crippen molar-refractivity contribution >= 4 is 32.7 Å². The van der Waals surface area contributed by atoms with Crippen LogP contribution in [0.5, 0.6) is 0 Å². The zero-order valence-corrected chi connectivity index (χ0v) is 21.4. The van der Waals surface area contributed by atoms with Gasteiger partial charge in [-0.3, -0.25) is 4.40 Å². The number of sulfonamides is 1. The summed E-state index contributed by atoms with van der Waals surface area (Å²) < 4.78 is 86.6. The lowest BCUT2D eigenvalue weighted by atomic mass is 10.1. The molecule has 4 heterocycles. The zero-order valence-electron chi connectivity index (χ0n) is 19.8. The van der Waals surface area contributed by atoms with E-state index in [2.05, 4.69) is 30.0 Å². The molecule has 1 aliphatic carbocycles. The van der Waals surface area contributed by atoms with Crippen molar-refractivity contribution in [3.05, 3.63) is 23.5 Å². The van der Waals surface area contributed by atoms with Gasteiger partial charge in [-0.1, -0.05) is 11.3 Å². The van der Waals surface area contributed by atoms with E-state index >= 15 is 0 Å². The molecule has 0 spiro atoms. The second-order valence-corrected chi connectivity index (χ2v) is 11.9. The van der Waals surface area contributed by atoms with Crippen LogP contribution in [0, 0.1) is 11.3 Å². The summed E-state index contributed by atoms with van der Waals surface area (Å²) in [4.78, 5) is 6.02. The number of rotatable bonds is 9. The number of hydrogen-bond acceptors (Lipinski definition) is 10. The number of anilines is 1. The zero-order chi connectivity index (χ0) is 27.2. The Kier molecular flexibility index (Phi) is 7.02. The van der Waals surface area contributed by atoms with Gasteiger partial charge >= 0.3 is 6.61 Å². The highest BCUT2D eigenvalue weighted by molar-refractivity contribution is 7.89. The van der Waals surface area contributed by atoms with Crippen LogP contribution < -0.4 is 14.9 Å². The summed E-state index contributed by atoms with van der Waals surface area (Å²) in [5.74, 6) is 0. The minimum Gasteiger partial charge on any atom is -0.365 e. The van der Waals surface area contributed by atoms with Crippen LogP contribution in [0.2, 0.25) is 0 Å². The van der Waals surface area contributed by atoms with Crippen molar-refractivity contribution in [1.82, 2.24) is 29.6 Å². The predicted molar refractivity (Wildman–Crippen MR) is 128 cm³/mol. The third kappa shape index (κ3) is 5.31. The Labute approximate surface area is 218 Å². The van der Waals surface area contributed by atoms with Crippen LogP contribution in [-0.2, 0) is 14.8 Å². The molecule has 2 atom stereocenters. The predicted octanol–water partition coefficient (Wildman–Crippen LogP) is 2.53. The van der Waals surface area contributed by atoms with Gasteiger partial charge in [-0.05, 0) is 25.8 Å².